The van der Waals surface area contributed by atoms with Crippen LogP contribution in [-0.4, -0.2) is 52.7 Å². The van der Waals surface area contributed by atoms with E-state index in [0.29, 0.717) is 13.2 Å². The van der Waals surface area contributed by atoms with E-state index in [-0.39, 0.29) is 34.8 Å². The first kappa shape index (κ1) is 15.0. The van der Waals surface area contributed by atoms with E-state index >= 15 is 0 Å². The molecule has 1 aromatic rings. The molecule has 0 aromatic carbocycles. The van der Waals surface area contributed by atoms with Crippen molar-refractivity contribution in [2.24, 2.45) is 0 Å². The van der Waals surface area contributed by atoms with Crippen LogP contribution in [0.1, 0.15) is 16.8 Å². The van der Waals surface area contributed by atoms with E-state index in [9.17, 15) is 9.59 Å². The zero-order valence-corrected chi connectivity index (χ0v) is 11.9. The lowest BCUT2D eigenvalue weighted by Crippen LogP contribution is -2.49. The van der Waals surface area contributed by atoms with Crippen LogP contribution < -0.4 is 0 Å². The molecule has 1 unspecified atom stereocenters. The van der Waals surface area contributed by atoms with Gasteiger partial charge in [0.15, 0.2) is 0 Å². The summed E-state index contributed by atoms with van der Waals surface area (Å²) < 4.78 is 5.22. The van der Waals surface area contributed by atoms with Crippen molar-refractivity contribution in [3.63, 3.8) is 0 Å². The minimum absolute atomic E-state index is 0.00284. The lowest BCUT2D eigenvalue weighted by molar-refractivity contribution is -0.139. The van der Waals surface area contributed by atoms with E-state index in [1.54, 1.807) is 0 Å². The average Bonchev–Trinajstić information content (AvgIpc) is 2.38. The van der Waals surface area contributed by atoms with Crippen molar-refractivity contribution in [1.82, 2.24) is 9.88 Å². The number of carbonyl (C=O) groups excluding carboxylic acids is 1. The Labute approximate surface area is 125 Å². The summed E-state index contributed by atoms with van der Waals surface area (Å²) in [6.45, 7) is 0.868. The van der Waals surface area contributed by atoms with E-state index in [4.69, 9.17) is 33.0 Å². The third kappa shape index (κ3) is 3.39. The van der Waals surface area contributed by atoms with Gasteiger partial charge < -0.3 is 14.7 Å². The quantitative estimate of drug-likeness (QED) is 0.858. The Morgan fingerprint density at radius 3 is 2.85 bits per heavy atom. The number of carboxylic acid groups (broad SMARTS) is 1. The highest BCUT2D eigenvalue weighted by Gasteiger charge is 2.30. The van der Waals surface area contributed by atoms with Crippen LogP contribution in [0.15, 0.2) is 12.1 Å². The molecule has 1 fully saturated rings. The smallest absolute Gasteiger partial charge is 0.305 e. The molecule has 20 heavy (non-hydrogen) atoms. The van der Waals surface area contributed by atoms with E-state index in [0.717, 1.165) is 0 Å². The molecule has 0 spiro atoms. The lowest BCUT2D eigenvalue weighted by Gasteiger charge is -2.34. The highest BCUT2D eigenvalue weighted by Crippen LogP contribution is 2.21. The minimum atomic E-state index is -0.987. The van der Waals surface area contributed by atoms with Gasteiger partial charge in [0.2, 0.25) is 0 Å². The highest BCUT2D eigenvalue weighted by atomic mass is 35.5. The molecule has 1 saturated heterocycles. The Hall–Kier alpha value is -1.37. The predicted molar refractivity (Wildman–Crippen MR) is 72.2 cm³/mol. The SMILES string of the molecule is O=C(O)CC1COCCN1C(=O)c1ccc(Cl)nc1Cl. The molecule has 8 heteroatoms. The number of morpholine rings is 1. The fourth-order valence-electron chi connectivity index (χ4n) is 2.02. The third-order valence-electron chi connectivity index (χ3n) is 2.94. The second-order valence-electron chi connectivity index (χ2n) is 4.30. The first-order valence-corrected chi connectivity index (χ1v) is 6.67. The number of ether oxygens (including phenoxy) is 1. The number of nitrogens with zero attached hydrogens (tertiary/aromatic N) is 2. The van der Waals surface area contributed by atoms with Crippen LogP contribution in [0.4, 0.5) is 0 Å². The molecule has 1 amide bonds. The molecule has 1 aliphatic rings. The van der Waals surface area contributed by atoms with Crippen LogP contribution >= 0.6 is 23.2 Å². The second kappa shape index (κ2) is 6.39. The molecule has 1 aliphatic heterocycles. The van der Waals surface area contributed by atoms with Gasteiger partial charge in [-0.25, -0.2) is 4.98 Å². The number of hydrogen-bond acceptors (Lipinski definition) is 4. The molecule has 0 radical (unpaired) electrons. The zero-order chi connectivity index (χ0) is 14.7. The largest absolute Gasteiger partial charge is 0.481 e. The van der Waals surface area contributed by atoms with Crippen molar-refractivity contribution < 1.29 is 19.4 Å². The number of aromatic nitrogens is 1. The fourth-order valence-corrected chi connectivity index (χ4v) is 2.44. The summed E-state index contributed by atoms with van der Waals surface area (Å²) in [5, 5.41) is 9.07. The standard InChI is InChI=1S/C12H12Cl2N2O4/c13-9-2-1-8(11(14)15-9)12(19)16-3-4-20-6-7(16)5-10(17)18/h1-2,7H,3-6H2,(H,17,18). The maximum atomic E-state index is 12.4. The summed E-state index contributed by atoms with van der Waals surface area (Å²) in [4.78, 5) is 28.5. The Kier molecular flexibility index (Phi) is 4.80. The second-order valence-corrected chi connectivity index (χ2v) is 5.04. The van der Waals surface area contributed by atoms with Gasteiger partial charge in [0, 0.05) is 6.54 Å². The molecular weight excluding hydrogens is 307 g/mol. The third-order valence-corrected chi connectivity index (χ3v) is 3.44. The monoisotopic (exact) mass is 318 g/mol. The Morgan fingerprint density at radius 1 is 1.45 bits per heavy atom. The molecule has 108 valence electrons. The van der Waals surface area contributed by atoms with Crippen LogP contribution in [0.3, 0.4) is 0 Å². The Balaban J connectivity index is 2.22. The number of pyridine rings is 1. The molecule has 1 N–H and O–H groups in total. The number of carboxylic acids is 1. The van der Waals surface area contributed by atoms with Crippen LogP contribution in [0.25, 0.3) is 0 Å². The van der Waals surface area contributed by atoms with Crippen molar-refractivity contribution >= 4 is 35.1 Å². The van der Waals surface area contributed by atoms with Crippen molar-refractivity contribution in [2.45, 2.75) is 12.5 Å². The first-order chi connectivity index (χ1) is 9.49. The minimum Gasteiger partial charge on any atom is -0.481 e. The first-order valence-electron chi connectivity index (χ1n) is 5.91. The van der Waals surface area contributed by atoms with Gasteiger partial charge in [-0.2, -0.15) is 0 Å². The highest BCUT2D eigenvalue weighted by molar-refractivity contribution is 6.34. The van der Waals surface area contributed by atoms with Crippen molar-refractivity contribution in [1.29, 1.82) is 0 Å². The molecule has 6 nitrogen and oxygen atoms in total. The van der Waals surface area contributed by atoms with Crippen LogP contribution in [-0.2, 0) is 9.53 Å². The van der Waals surface area contributed by atoms with Gasteiger partial charge in [0.25, 0.3) is 5.91 Å². The van der Waals surface area contributed by atoms with Crippen molar-refractivity contribution in [2.75, 3.05) is 19.8 Å². The number of halogens is 2. The van der Waals surface area contributed by atoms with Gasteiger partial charge in [-0.15, -0.1) is 0 Å². The van der Waals surface area contributed by atoms with E-state index in [1.807, 2.05) is 0 Å². The van der Waals surface area contributed by atoms with Gasteiger partial charge in [-0.1, -0.05) is 23.2 Å². The van der Waals surface area contributed by atoms with Crippen molar-refractivity contribution in [3.8, 4) is 0 Å². The predicted octanol–water partition coefficient (Wildman–Crippen LogP) is 1.70. The molecule has 0 aliphatic carbocycles. The molecular formula is C12H12Cl2N2O4. The van der Waals surface area contributed by atoms with Gasteiger partial charge in [0.1, 0.15) is 10.3 Å². The number of amides is 1. The van der Waals surface area contributed by atoms with Crippen LogP contribution in [0.2, 0.25) is 10.3 Å². The van der Waals surface area contributed by atoms with Crippen LogP contribution in [0.5, 0.6) is 0 Å². The normalized spacial score (nSPS) is 18.9. The summed E-state index contributed by atoms with van der Waals surface area (Å²) >= 11 is 11.6. The number of carbonyl (C=O) groups is 2. The van der Waals surface area contributed by atoms with E-state index in [2.05, 4.69) is 4.98 Å². The van der Waals surface area contributed by atoms with Crippen LogP contribution in [0, 0.1) is 0 Å². The van der Waals surface area contributed by atoms with Gasteiger partial charge in [-0.05, 0) is 12.1 Å². The molecule has 2 heterocycles. The zero-order valence-electron chi connectivity index (χ0n) is 10.4. The summed E-state index contributed by atoms with van der Waals surface area (Å²) in [7, 11) is 0. The summed E-state index contributed by atoms with van der Waals surface area (Å²) in [6, 6.07) is 2.43. The topological polar surface area (TPSA) is 79.7 Å². The lowest BCUT2D eigenvalue weighted by atomic mass is 10.1. The summed E-state index contributed by atoms with van der Waals surface area (Å²) in [5.41, 5.74) is 0.202. The maximum Gasteiger partial charge on any atom is 0.305 e. The molecule has 1 aromatic heterocycles. The average molecular weight is 319 g/mol. The maximum absolute atomic E-state index is 12.4. The molecule has 0 saturated carbocycles. The summed E-state index contributed by atoms with van der Waals surface area (Å²) in [5.74, 6) is -1.35. The molecule has 1 atom stereocenters. The number of hydrogen-bond donors (Lipinski definition) is 1. The number of rotatable bonds is 3. The Morgan fingerprint density at radius 2 is 2.20 bits per heavy atom. The van der Waals surface area contributed by atoms with E-state index in [1.165, 1.54) is 17.0 Å². The fraction of sp³-hybridized carbons (Fsp3) is 0.417. The summed E-state index contributed by atoms with van der Waals surface area (Å²) in [6.07, 6.45) is -0.176. The van der Waals surface area contributed by atoms with Gasteiger partial charge >= 0.3 is 5.97 Å². The molecule has 2 rings (SSSR count). The van der Waals surface area contributed by atoms with Gasteiger partial charge in [-0.3, -0.25) is 9.59 Å². The van der Waals surface area contributed by atoms with Gasteiger partial charge in [0.05, 0.1) is 31.2 Å². The van der Waals surface area contributed by atoms with Crippen molar-refractivity contribution in [3.05, 3.63) is 28.0 Å². The van der Waals surface area contributed by atoms with E-state index < -0.39 is 12.0 Å². The Bertz CT molecular complexity index is 538. The molecule has 0 bridgehead atoms. The number of aliphatic carboxylic acids is 1.